The van der Waals surface area contributed by atoms with Gasteiger partial charge < -0.3 is 16.8 Å². The lowest BCUT2D eigenvalue weighted by molar-refractivity contribution is -0.386. The average Bonchev–Trinajstić information content (AvgIpc) is 2.82. The fraction of sp³-hybridized carbons (Fsp3) is 0.125. The first kappa shape index (κ1) is 19.7. The molecule has 4 rings (SSSR count). The maximum absolute atomic E-state index is 11.7. The van der Waals surface area contributed by atoms with Crippen molar-refractivity contribution in [3.63, 3.8) is 0 Å². The third-order valence-electron chi connectivity index (χ3n) is 5.11. The second kappa shape index (κ2) is 8.82. The minimum absolute atomic E-state index is 0.104. The summed E-state index contributed by atoms with van der Waals surface area (Å²) >= 11 is 0. The molecule has 2 aromatic heterocycles. The molecule has 0 spiro atoms. The first-order valence-electron chi connectivity index (χ1n) is 9.98. The summed E-state index contributed by atoms with van der Waals surface area (Å²) in [5.41, 5.74) is 14.5. The molecule has 30 heavy (non-hydrogen) atoms. The van der Waals surface area contributed by atoms with Gasteiger partial charge in [-0.15, -0.1) is 0 Å². The Morgan fingerprint density at radius 1 is 0.933 bits per heavy atom. The van der Waals surface area contributed by atoms with E-state index in [1.165, 1.54) is 5.56 Å². The number of hydrogen-bond acceptors (Lipinski definition) is 3. The van der Waals surface area contributed by atoms with E-state index in [9.17, 15) is 4.79 Å². The summed E-state index contributed by atoms with van der Waals surface area (Å²) in [5, 5.41) is 3.79. The molecule has 4 aromatic rings. The zero-order chi connectivity index (χ0) is 20.9. The van der Waals surface area contributed by atoms with E-state index in [0.29, 0.717) is 6.54 Å². The van der Waals surface area contributed by atoms with E-state index in [1.54, 1.807) is 6.20 Å². The molecule has 7 N–H and O–H groups in total. The Labute approximate surface area is 175 Å². The highest BCUT2D eigenvalue weighted by molar-refractivity contribution is 5.92. The number of amides is 1. The minimum atomic E-state index is -0.104. The van der Waals surface area contributed by atoms with Crippen molar-refractivity contribution in [1.29, 1.82) is 0 Å². The van der Waals surface area contributed by atoms with Gasteiger partial charge in [-0.3, -0.25) is 9.78 Å². The Bertz CT molecular complexity index is 1170. The van der Waals surface area contributed by atoms with Gasteiger partial charge in [-0.2, -0.15) is 0 Å². The van der Waals surface area contributed by atoms with Crippen molar-refractivity contribution in [2.45, 2.75) is 13.1 Å². The fourth-order valence-corrected chi connectivity index (χ4v) is 3.45. The molecule has 6 heteroatoms. The van der Waals surface area contributed by atoms with Crippen LogP contribution in [0.15, 0.2) is 72.9 Å². The van der Waals surface area contributed by atoms with Gasteiger partial charge >= 0.3 is 0 Å². The summed E-state index contributed by atoms with van der Waals surface area (Å²) in [6.07, 6.45) is 1.73. The lowest BCUT2D eigenvalue weighted by atomic mass is 9.96. The third kappa shape index (κ3) is 4.05. The molecule has 2 aromatic carbocycles. The van der Waals surface area contributed by atoms with Crippen molar-refractivity contribution in [2.24, 2.45) is 0 Å². The summed E-state index contributed by atoms with van der Waals surface area (Å²) in [7, 11) is 0. The van der Waals surface area contributed by atoms with Gasteiger partial charge in [0.05, 0.1) is 30.0 Å². The maximum atomic E-state index is 11.7. The number of nitrogens with zero attached hydrogens (tertiary/aromatic N) is 2. The van der Waals surface area contributed by atoms with E-state index >= 15 is 0 Å². The van der Waals surface area contributed by atoms with Crippen LogP contribution in [0.25, 0.3) is 33.3 Å². The maximum Gasteiger partial charge on any atom is 0.275 e. The Kier molecular flexibility index (Phi) is 5.79. The van der Waals surface area contributed by atoms with E-state index in [4.69, 9.17) is 4.98 Å². The van der Waals surface area contributed by atoms with Crippen molar-refractivity contribution in [3.05, 3.63) is 84.2 Å². The van der Waals surface area contributed by atoms with Crippen LogP contribution in [0.5, 0.6) is 0 Å². The number of hydrogen-bond donors (Lipinski definition) is 3. The second-order valence-electron chi connectivity index (χ2n) is 7.05. The van der Waals surface area contributed by atoms with Crippen molar-refractivity contribution in [1.82, 2.24) is 15.3 Å². The molecule has 0 aliphatic heterocycles. The largest absolute Gasteiger partial charge is 0.354 e. The van der Waals surface area contributed by atoms with Gasteiger partial charge in [-0.05, 0) is 17.7 Å². The molecule has 150 valence electrons. The number of rotatable bonds is 6. The van der Waals surface area contributed by atoms with E-state index in [2.05, 4.69) is 64.2 Å². The van der Waals surface area contributed by atoms with Crippen molar-refractivity contribution in [2.75, 3.05) is 6.54 Å². The van der Waals surface area contributed by atoms with Crippen LogP contribution < -0.4 is 16.8 Å². The van der Waals surface area contributed by atoms with E-state index in [1.807, 2.05) is 24.3 Å². The molecule has 2 heterocycles. The molecule has 0 saturated heterocycles. The number of pyridine rings is 2. The molecular weight excluding hydrogens is 374 g/mol. The minimum Gasteiger partial charge on any atom is -0.354 e. The normalized spacial score (nSPS) is 10.9. The zero-order valence-electron chi connectivity index (χ0n) is 16.8. The summed E-state index contributed by atoms with van der Waals surface area (Å²) < 4.78 is 0. The Balaban J connectivity index is 1.89. The summed E-state index contributed by atoms with van der Waals surface area (Å²) in [6.45, 7) is 1.30. The van der Waals surface area contributed by atoms with Crippen LogP contribution in [0.4, 0.5) is 0 Å². The molecule has 0 bridgehead atoms. The Hall–Kier alpha value is -3.61. The van der Waals surface area contributed by atoms with E-state index in [-0.39, 0.29) is 12.5 Å². The molecular formula is C24H25N5O+2. The van der Waals surface area contributed by atoms with E-state index < -0.39 is 0 Å². The highest BCUT2D eigenvalue weighted by Gasteiger charge is 2.14. The van der Waals surface area contributed by atoms with Crippen LogP contribution in [0.1, 0.15) is 11.3 Å². The molecule has 0 saturated carbocycles. The van der Waals surface area contributed by atoms with Gasteiger partial charge in [0.15, 0.2) is 6.54 Å². The van der Waals surface area contributed by atoms with Crippen molar-refractivity contribution in [3.8, 4) is 22.4 Å². The number of carbonyl (C=O) groups is 1. The topological polar surface area (TPSA) is 110 Å². The van der Waals surface area contributed by atoms with Gasteiger partial charge in [-0.25, -0.2) is 4.98 Å². The van der Waals surface area contributed by atoms with Crippen LogP contribution in [0, 0.1) is 0 Å². The quantitative estimate of drug-likeness (QED) is 0.458. The van der Waals surface area contributed by atoms with E-state index in [0.717, 1.165) is 45.5 Å². The molecule has 0 atom stereocenters. The molecule has 0 aliphatic rings. The molecule has 0 unspecified atom stereocenters. The molecule has 0 fully saturated rings. The summed E-state index contributed by atoms with van der Waals surface area (Å²) in [6, 6.07) is 22.6. The van der Waals surface area contributed by atoms with Gasteiger partial charge in [0.25, 0.3) is 5.91 Å². The number of nitrogens with one attached hydrogen (secondary N) is 1. The smallest absolute Gasteiger partial charge is 0.275 e. The predicted octanol–water partition coefficient (Wildman–Crippen LogP) is 1.56. The first-order valence-corrected chi connectivity index (χ1v) is 9.98. The zero-order valence-corrected chi connectivity index (χ0v) is 16.8. The van der Waals surface area contributed by atoms with Crippen LogP contribution in [-0.2, 0) is 17.9 Å². The Morgan fingerprint density at radius 3 is 2.40 bits per heavy atom. The SMILES string of the molecule is [NH3+]CC(=O)NCc1nccc2nc(-c3ccc(C[NH3+])cc3)c(-c3ccccc3)cc12. The summed E-state index contributed by atoms with van der Waals surface area (Å²) in [4.78, 5) is 21.2. The lowest BCUT2D eigenvalue weighted by Gasteiger charge is -2.14. The van der Waals surface area contributed by atoms with Crippen LogP contribution in [0.3, 0.4) is 0 Å². The highest BCUT2D eigenvalue weighted by Crippen LogP contribution is 2.34. The summed E-state index contributed by atoms with van der Waals surface area (Å²) in [5.74, 6) is -0.104. The predicted molar refractivity (Wildman–Crippen MR) is 117 cm³/mol. The van der Waals surface area contributed by atoms with Crippen LogP contribution in [-0.4, -0.2) is 22.4 Å². The van der Waals surface area contributed by atoms with Gasteiger partial charge in [0, 0.05) is 28.3 Å². The number of fused-ring (bicyclic) bond motifs is 1. The lowest BCUT2D eigenvalue weighted by Crippen LogP contribution is -2.57. The number of carbonyl (C=O) groups excluding carboxylic acids is 1. The molecule has 0 aliphatic carbocycles. The average molecular weight is 399 g/mol. The highest BCUT2D eigenvalue weighted by atomic mass is 16.1. The molecule has 1 amide bonds. The number of aromatic nitrogens is 2. The van der Waals surface area contributed by atoms with Gasteiger partial charge in [-0.1, -0.05) is 54.6 Å². The fourth-order valence-electron chi connectivity index (χ4n) is 3.45. The van der Waals surface area contributed by atoms with Crippen molar-refractivity contribution >= 4 is 16.8 Å². The third-order valence-corrected chi connectivity index (χ3v) is 5.11. The standard InChI is InChI=1S/C24H23N5O/c25-13-16-6-8-18(9-7-16)24-19(17-4-2-1-3-5-17)12-20-21(29-24)10-11-27-22(20)15-28-23(30)14-26/h1-12H,13-15,25-26H2,(H,28,30)/p+2. The molecule has 6 nitrogen and oxygen atoms in total. The van der Waals surface area contributed by atoms with Crippen LogP contribution in [0.2, 0.25) is 0 Å². The van der Waals surface area contributed by atoms with Gasteiger partial charge in [0.1, 0.15) is 0 Å². The molecule has 0 radical (unpaired) electrons. The van der Waals surface area contributed by atoms with Crippen molar-refractivity contribution < 1.29 is 16.3 Å². The second-order valence-corrected chi connectivity index (χ2v) is 7.05. The monoisotopic (exact) mass is 399 g/mol. The number of quaternary nitrogens is 2. The number of benzene rings is 2. The van der Waals surface area contributed by atoms with Crippen LogP contribution >= 0.6 is 0 Å². The first-order chi connectivity index (χ1) is 14.7. The van der Waals surface area contributed by atoms with Gasteiger partial charge in [0.2, 0.25) is 0 Å². The Morgan fingerprint density at radius 2 is 1.70 bits per heavy atom.